The van der Waals surface area contributed by atoms with Crippen LogP contribution in [0.5, 0.6) is 0 Å². The zero-order chi connectivity index (χ0) is 8.97. The topological polar surface area (TPSA) is 12.0 Å². The van der Waals surface area contributed by atoms with E-state index < -0.39 is 0 Å². The van der Waals surface area contributed by atoms with Gasteiger partial charge in [0.1, 0.15) is 0 Å². The van der Waals surface area contributed by atoms with E-state index in [-0.39, 0.29) is 0 Å². The molecule has 12 heavy (non-hydrogen) atoms. The van der Waals surface area contributed by atoms with Gasteiger partial charge in [-0.05, 0) is 31.7 Å². The van der Waals surface area contributed by atoms with Crippen molar-refractivity contribution in [2.75, 3.05) is 6.54 Å². The van der Waals surface area contributed by atoms with Gasteiger partial charge in [-0.25, -0.2) is 0 Å². The molecule has 1 rings (SSSR count). The minimum atomic E-state index is 0.734. The summed E-state index contributed by atoms with van der Waals surface area (Å²) >= 11 is 0. The van der Waals surface area contributed by atoms with Gasteiger partial charge in [-0.1, -0.05) is 33.1 Å². The smallest absolute Gasteiger partial charge is 0.00414 e. The van der Waals surface area contributed by atoms with E-state index in [0.717, 1.165) is 17.9 Å². The molecule has 1 aliphatic rings. The number of nitrogens with one attached hydrogen (secondary N) is 1. The SMILES string of the molecule is CC(C)CNC(C)CC1CCC1. The highest BCUT2D eigenvalue weighted by molar-refractivity contribution is 4.74. The maximum absolute atomic E-state index is 3.58. The lowest BCUT2D eigenvalue weighted by Crippen LogP contribution is -2.32. The third-order valence-electron chi connectivity index (χ3n) is 2.79. The summed E-state index contributed by atoms with van der Waals surface area (Å²) in [6.45, 7) is 8.03. The van der Waals surface area contributed by atoms with Gasteiger partial charge in [0.05, 0.1) is 0 Å². The monoisotopic (exact) mass is 169 g/mol. The van der Waals surface area contributed by atoms with Gasteiger partial charge in [0.2, 0.25) is 0 Å². The molecule has 1 aliphatic carbocycles. The van der Waals surface area contributed by atoms with Gasteiger partial charge in [0.25, 0.3) is 0 Å². The van der Waals surface area contributed by atoms with E-state index in [1.54, 1.807) is 0 Å². The molecule has 1 N–H and O–H groups in total. The Kier molecular flexibility index (Phi) is 4.07. The largest absolute Gasteiger partial charge is 0.314 e. The van der Waals surface area contributed by atoms with Crippen LogP contribution in [0.1, 0.15) is 46.5 Å². The Morgan fingerprint density at radius 3 is 2.33 bits per heavy atom. The summed E-state index contributed by atoms with van der Waals surface area (Å²) in [5.41, 5.74) is 0. The first-order chi connectivity index (χ1) is 5.68. The van der Waals surface area contributed by atoms with E-state index in [9.17, 15) is 0 Å². The van der Waals surface area contributed by atoms with Gasteiger partial charge in [-0.3, -0.25) is 0 Å². The first-order valence-corrected chi connectivity index (χ1v) is 5.42. The Balaban J connectivity index is 1.98. The fraction of sp³-hybridized carbons (Fsp3) is 1.00. The van der Waals surface area contributed by atoms with Gasteiger partial charge >= 0.3 is 0 Å². The van der Waals surface area contributed by atoms with Crippen molar-refractivity contribution >= 4 is 0 Å². The third kappa shape index (κ3) is 3.57. The molecule has 1 fully saturated rings. The summed E-state index contributed by atoms with van der Waals surface area (Å²) < 4.78 is 0. The Morgan fingerprint density at radius 2 is 1.92 bits per heavy atom. The van der Waals surface area contributed by atoms with Gasteiger partial charge in [0.15, 0.2) is 0 Å². The highest BCUT2D eigenvalue weighted by atomic mass is 14.9. The molecule has 0 bridgehead atoms. The molecule has 0 aliphatic heterocycles. The Bertz CT molecular complexity index is 116. The van der Waals surface area contributed by atoms with Crippen molar-refractivity contribution in [2.24, 2.45) is 11.8 Å². The van der Waals surface area contributed by atoms with Crippen molar-refractivity contribution in [3.63, 3.8) is 0 Å². The molecule has 0 heterocycles. The van der Waals surface area contributed by atoms with Crippen LogP contribution in [-0.2, 0) is 0 Å². The zero-order valence-electron chi connectivity index (χ0n) is 8.77. The van der Waals surface area contributed by atoms with Crippen LogP contribution < -0.4 is 5.32 Å². The molecule has 1 heteroatoms. The molecule has 0 radical (unpaired) electrons. The maximum Gasteiger partial charge on any atom is 0.00414 e. The summed E-state index contributed by atoms with van der Waals surface area (Å²) in [5, 5.41) is 3.58. The molecule has 0 amide bonds. The Morgan fingerprint density at radius 1 is 1.25 bits per heavy atom. The average Bonchev–Trinajstić information content (AvgIpc) is 1.93. The Hall–Kier alpha value is -0.0400. The second kappa shape index (κ2) is 4.86. The Labute approximate surface area is 76.9 Å². The van der Waals surface area contributed by atoms with E-state index in [4.69, 9.17) is 0 Å². The summed E-state index contributed by atoms with van der Waals surface area (Å²) in [4.78, 5) is 0. The fourth-order valence-corrected chi connectivity index (χ4v) is 1.75. The zero-order valence-corrected chi connectivity index (χ0v) is 8.77. The van der Waals surface area contributed by atoms with Crippen LogP contribution in [-0.4, -0.2) is 12.6 Å². The van der Waals surface area contributed by atoms with Gasteiger partial charge in [0, 0.05) is 6.04 Å². The predicted octanol–water partition coefficient (Wildman–Crippen LogP) is 2.81. The second-order valence-electron chi connectivity index (χ2n) is 4.74. The van der Waals surface area contributed by atoms with Crippen molar-refractivity contribution in [1.82, 2.24) is 5.32 Å². The summed E-state index contributed by atoms with van der Waals surface area (Å²) in [5.74, 6) is 1.83. The van der Waals surface area contributed by atoms with Crippen molar-refractivity contribution < 1.29 is 0 Å². The summed E-state index contributed by atoms with van der Waals surface area (Å²) in [6, 6.07) is 0.734. The fourth-order valence-electron chi connectivity index (χ4n) is 1.75. The number of rotatable bonds is 5. The van der Waals surface area contributed by atoms with Crippen LogP contribution >= 0.6 is 0 Å². The van der Waals surface area contributed by atoms with Crippen LogP contribution in [0.2, 0.25) is 0 Å². The quantitative estimate of drug-likeness (QED) is 0.667. The molecule has 1 saturated carbocycles. The average molecular weight is 169 g/mol. The van der Waals surface area contributed by atoms with Crippen LogP contribution in [0.3, 0.4) is 0 Å². The highest BCUT2D eigenvalue weighted by Gasteiger charge is 2.19. The highest BCUT2D eigenvalue weighted by Crippen LogP contribution is 2.30. The first kappa shape index (κ1) is 10.0. The lowest BCUT2D eigenvalue weighted by Gasteiger charge is -2.28. The molecule has 0 aromatic rings. The summed E-state index contributed by atoms with van der Waals surface area (Å²) in [6.07, 6.45) is 5.83. The lowest BCUT2D eigenvalue weighted by atomic mass is 9.81. The van der Waals surface area contributed by atoms with E-state index in [1.807, 2.05) is 0 Å². The van der Waals surface area contributed by atoms with Gasteiger partial charge in [-0.15, -0.1) is 0 Å². The molecule has 1 unspecified atom stereocenters. The predicted molar refractivity (Wildman–Crippen MR) is 54.3 cm³/mol. The third-order valence-corrected chi connectivity index (χ3v) is 2.79. The van der Waals surface area contributed by atoms with E-state index in [0.29, 0.717) is 0 Å². The van der Waals surface area contributed by atoms with Crippen molar-refractivity contribution in [3.8, 4) is 0 Å². The normalized spacial score (nSPS) is 21.0. The molecule has 1 atom stereocenters. The van der Waals surface area contributed by atoms with Crippen LogP contribution in [0.25, 0.3) is 0 Å². The lowest BCUT2D eigenvalue weighted by molar-refractivity contribution is 0.263. The van der Waals surface area contributed by atoms with Crippen LogP contribution in [0, 0.1) is 11.8 Å². The second-order valence-corrected chi connectivity index (χ2v) is 4.74. The van der Waals surface area contributed by atoms with Crippen LogP contribution in [0.4, 0.5) is 0 Å². The molecule has 72 valence electrons. The minimum absolute atomic E-state index is 0.734. The first-order valence-electron chi connectivity index (χ1n) is 5.42. The van der Waals surface area contributed by atoms with E-state index >= 15 is 0 Å². The van der Waals surface area contributed by atoms with E-state index in [2.05, 4.69) is 26.1 Å². The van der Waals surface area contributed by atoms with Crippen molar-refractivity contribution in [1.29, 1.82) is 0 Å². The standard InChI is InChI=1S/C11H23N/c1-9(2)8-12-10(3)7-11-5-4-6-11/h9-12H,4-8H2,1-3H3. The maximum atomic E-state index is 3.58. The van der Waals surface area contributed by atoms with Crippen molar-refractivity contribution in [2.45, 2.75) is 52.5 Å². The minimum Gasteiger partial charge on any atom is -0.314 e. The van der Waals surface area contributed by atoms with Crippen molar-refractivity contribution in [3.05, 3.63) is 0 Å². The summed E-state index contributed by atoms with van der Waals surface area (Å²) in [7, 11) is 0. The molecular weight excluding hydrogens is 146 g/mol. The molecule has 0 aromatic heterocycles. The molecule has 1 nitrogen and oxygen atoms in total. The number of hydrogen-bond donors (Lipinski definition) is 1. The molecule has 0 aromatic carbocycles. The van der Waals surface area contributed by atoms with Crippen LogP contribution in [0.15, 0.2) is 0 Å². The molecular formula is C11H23N. The molecule has 0 spiro atoms. The van der Waals surface area contributed by atoms with E-state index in [1.165, 1.54) is 32.2 Å². The van der Waals surface area contributed by atoms with Gasteiger partial charge < -0.3 is 5.32 Å². The number of hydrogen-bond acceptors (Lipinski definition) is 1. The molecule has 0 saturated heterocycles. The van der Waals surface area contributed by atoms with Gasteiger partial charge in [-0.2, -0.15) is 0 Å².